The van der Waals surface area contributed by atoms with E-state index in [1.54, 1.807) is 0 Å². The summed E-state index contributed by atoms with van der Waals surface area (Å²) >= 11 is 6.39. The number of nitrogens with zero attached hydrogens (tertiary/aromatic N) is 1. The molecule has 0 saturated carbocycles. The molecule has 1 heterocycles. The summed E-state index contributed by atoms with van der Waals surface area (Å²) in [4.78, 5) is 13.9. The minimum atomic E-state index is -0.808. The number of likely N-dealkylation sites (N-methyl/N-ethyl adjacent to an activating group) is 1. The lowest BCUT2D eigenvalue weighted by atomic mass is 10.4. The van der Waals surface area contributed by atoms with Gasteiger partial charge >= 0.3 is 5.97 Å². The van der Waals surface area contributed by atoms with Crippen LogP contribution < -0.4 is 4.90 Å². The molecule has 0 aliphatic carbocycles. The van der Waals surface area contributed by atoms with Crippen molar-refractivity contribution in [3.05, 3.63) is 0 Å². The number of piperazine rings is 1. The Morgan fingerprint density at radius 1 is 1.57 bits per heavy atom. The molecule has 0 bridgehead atoms. The molecule has 4 nitrogen and oxygen atoms in total. The van der Waals surface area contributed by atoms with Gasteiger partial charge in [0, 0.05) is 0 Å². The highest BCUT2D eigenvalue weighted by molar-refractivity contribution is 8.23. The Morgan fingerprint density at radius 2 is 2.14 bits per heavy atom. The first-order chi connectivity index (χ1) is 6.59. The fourth-order valence-corrected chi connectivity index (χ4v) is 2.26. The van der Waals surface area contributed by atoms with Crippen LogP contribution in [-0.2, 0) is 4.79 Å². The van der Waals surface area contributed by atoms with Crippen molar-refractivity contribution in [1.82, 2.24) is 4.90 Å². The van der Waals surface area contributed by atoms with Crippen LogP contribution in [0.4, 0.5) is 0 Å². The second-order valence-electron chi connectivity index (χ2n) is 3.39. The van der Waals surface area contributed by atoms with Crippen LogP contribution in [0.15, 0.2) is 0 Å². The van der Waals surface area contributed by atoms with Crippen LogP contribution in [-0.4, -0.2) is 59.3 Å². The Kier molecular flexibility index (Phi) is 4.64. The molecule has 0 atom stereocenters. The van der Waals surface area contributed by atoms with Crippen LogP contribution in [0.2, 0.25) is 0 Å². The standard InChI is InChI=1S/C8H14N2O2S2/c1-9-2-4-10(5-3-9)8(13)14-6-7(11)12/h2-6H2,1H3,(H,11,12)/p+1. The predicted molar refractivity (Wildman–Crippen MR) is 60.9 cm³/mol. The van der Waals surface area contributed by atoms with Crippen molar-refractivity contribution < 1.29 is 14.8 Å². The van der Waals surface area contributed by atoms with E-state index in [1.807, 2.05) is 0 Å². The second kappa shape index (κ2) is 5.53. The smallest absolute Gasteiger partial charge is 0.313 e. The van der Waals surface area contributed by atoms with Gasteiger partial charge in [-0.25, -0.2) is 0 Å². The van der Waals surface area contributed by atoms with Gasteiger partial charge in [0.1, 0.15) is 4.32 Å². The topological polar surface area (TPSA) is 45.0 Å². The van der Waals surface area contributed by atoms with E-state index in [0.717, 1.165) is 30.5 Å². The van der Waals surface area contributed by atoms with Crippen LogP contribution in [0.25, 0.3) is 0 Å². The van der Waals surface area contributed by atoms with Gasteiger partial charge in [-0.3, -0.25) is 4.79 Å². The maximum atomic E-state index is 10.3. The number of rotatable bonds is 2. The number of hydrogen-bond donors (Lipinski definition) is 2. The van der Waals surface area contributed by atoms with E-state index in [2.05, 4.69) is 11.9 Å². The summed E-state index contributed by atoms with van der Waals surface area (Å²) in [5, 5.41) is 8.50. The summed E-state index contributed by atoms with van der Waals surface area (Å²) in [6, 6.07) is 0. The van der Waals surface area contributed by atoms with E-state index in [1.165, 1.54) is 16.7 Å². The molecule has 2 N–H and O–H groups in total. The molecule has 1 aliphatic heterocycles. The zero-order chi connectivity index (χ0) is 10.6. The van der Waals surface area contributed by atoms with Gasteiger partial charge in [0.05, 0.1) is 39.0 Å². The molecule has 1 fully saturated rings. The molecule has 0 amide bonds. The van der Waals surface area contributed by atoms with Crippen molar-refractivity contribution in [2.75, 3.05) is 39.0 Å². The minimum Gasteiger partial charge on any atom is -0.481 e. The summed E-state index contributed by atoms with van der Waals surface area (Å²) < 4.78 is 0.722. The number of nitrogens with one attached hydrogen (secondary N) is 1. The van der Waals surface area contributed by atoms with Gasteiger partial charge in [-0.15, -0.1) is 0 Å². The minimum absolute atomic E-state index is 0.0675. The summed E-state index contributed by atoms with van der Waals surface area (Å²) in [5.74, 6) is -0.741. The Labute approximate surface area is 93.2 Å². The van der Waals surface area contributed by atoms with Crippen molar-refractivity contribution >= 4 is 34.3 Å². The third kappa shape index (κ3) is 3.81. The average Bonchev–Trinajstić information content (AvgIpc) is 2.15. The molecule has 0 aromatic heterocycles. The van der Waals surface area contributed by atoms with Crippen LogP contribution >= 0.6 is 24.0 Å². The van der Waals surface area contributed by atoms with Gasteiger partial charge in [-0.1, -0.05) is 24.0 Å². The second-order valence-corrected chi connectivity index (χ2v) is 5.00. The Morgan fingerprint density at radius 3 is 2.64 bits per heavy atom. The van der Waals surface area contributed by atoms with Crippen LogP contribution in [0, 0.1) is 0 Å². The zero-order valence-corrected chi connectivity index (χ0v) is 9.79. The van der Waals surface area contributed by atoms with Crippen molar-refractivity contribution in [3.63, 3.8) is 0 Å². The highest BCUT2D eigenvalue weighted by Gasteiger charge is 2.19. The molecular weight excluding hydrogens is 220 g/mol. The van der Waals surface area contributed by atoms with Crippen molar-refractivity contribution in [3.8, 4) is 0 Å². The highest BCUT2D eigenvalue weighted by Crippen LogP contribution is 2.08. The van der Waals surface area contributed by atoms with Crippen molar-refractivity contribution in [1.29, 1.82) is 0 Å². The maximum absolute atomic E-state index is 10.3. The molecule has 0 unspecified atom stereocenters. The number of quaternary nitrogens is 1. The number of thiocarbonyl (C=S) groups is 1. The van der Waals surface area contributed by atoms with Crippen LogP contribution in [0.5, 0.6) is 0 Å². The van der Waals surface area contributed by atoms with E-state index in [-0.39, 0.29) is 5.75 Å². The molecule has 0 spiro atoms. The number of carboxylic acids is 1. The van der Waals surface area contributed by atoms with Crippen molar-refractivity contribution in [2.45, 2.75) is 0 Å². The fourth-order valence-electron chi connectivity index (χ4n) is 1.29. The van der Waals surface area contributed by atoms with Gasteiger partial charge in [-0.2, -0.15) is 0 Å². The Balaban J connectivity index is 2.27. The first kappa shape index (κ1) is 11.7. The predicted octanol–water partition coefficient (Wildman–Crippen LogP) is -1.08. The summed E-state index contributed by atoms with van der Waals surface area (Å²) in [7, 11) is 2.16. The molecule has 6 heteroatoms. The first-order valence-electron chi connectivity index (χ1n) is 4.54. The quantitative estimate of drug-likeness (QED) is 0.596. The Bertz CT molecular complexity index is 227. The molecule has 0 radical (unpaired) electrons. The van der Waals surface area contributed by atoms with Gasteiger partial charge in [0.15, 0.2) is 0 Å². The summed E-state index contributed by atoms with van der Waals surface area (Å²) in [6.45, 7) is 4.04. The SMILES string of the molecule is C[NH+]1CCN(C(=S)SCC(=O)O)CC1. The molecule has 80 valence electrons. The van der Waals surface area contributed by atoms with E-state index in [0.29, 0.717) is 0 Å². The van der Waals surface area contributed by atoms with E-state index in [9.17, 15) is 4.79 Å². The van der Waals surface area contributed by atoms with E-state index < -0.39 is 5.97 Å². The lowest BCUT2D eigenvalue weighted by Gasteiger charge is -2.31. The van der Waals surface area contributed by atoms with Crippen LogP contribution in [0.1, 0.15) is 0 Å². The number of carbonyl (C=O) groups is 1. The molecule has 1 aliphatic rings. The lowest BCUT2D eigenvalue weighted by Crippen LogP contribution is -3.12. The molecule has 1 rings (SSSR count). The van der Waals surface area contributed by atoms with Crippen LogP contribution in [0.3, 0.4) is 0 Å². The molecule has 14 heavy (non-hydrogen) atoms. The third-order valence-electron chi connectivity index (χ3n) is 2.19. The summed E-state index contributed by atoms with van der Waals surface area (Å²) in [6.07, 6.45) is 0. The highest BCUT2D eigenvalue weighted by atomic mass is 32.2. The van der Waals surface area contributed by atoms with Gasteiger partial charge in [0.25, 0.3) is 0 Å². The number of thioether (sulfide) groups is 1. The van der Waals surface area contributed by atoms with Gasteiger partial charge in [-0.05, 0) is 0 Å². The Hall–Kier alpha value is -0.330. The molecule has 1 saturated heterocycles. The number of carboxylic acid groups (broad SMARTS) is 1. The lowest BCUT2D eigenvalue weighted by molar-refractivity contribution is -0.883. The average molecular weight is 235 g/mol. The first-order valence-corrected chi connectivity index (χ1v) is 5.94. The summed E-state index contributed by atoms with van der Waals surface area (Å²) in [5.41, 5.74) is 0. The molecular formula is C8H15N2O2S2+. The fraction of sp³-hybridized carbons (Fsp3) is 0.750. The maximum Gasteiger partial charge on any atom is 0.313 e. The zero-order valence-electron chi connectivity index (χ0n) is 8.15. The molecule has 0 aromatic rings. The monoisotopic (exact) mass is 235 g/mol. The normalized spacial score (nSPS) is 18.2. The largest absolute Gasteiger partial charge is 0.481 e. The van der Waals surface area contributed by atoms with E-state index >= 15 is 0 Å². The van der Waals surface area contributed by atoms with E-state index in [4.69, 9.17) is 17.3 Å². The third-order valence-corrected chi connectivity index (χ3v) is 3.70. The number of hydrogen-bond acceptors (Lipinski definition) is 3. The molecule has 0 aromatic carbocycles. The van der Waals surface area contributed by atoms with Gasteiger partial charge < -0.3 is 14.9 Å². The van der Waals surface area contributed by atoms with Crippen molar-refractivity contribution in [2.24, 2.45) is 0 Å². The number of aliphatic carboxylic acids is 1. The van der Waals surface area contributed by atoms with Gasteiger partial charge in [0.2, 0.25) is 0 Å².